The van der Waals surface area contributed by atoms with E-state index in [2.05, 4.69) is 41.5 Å². The van der Waals surface area contributed by atoms with E-state index in [0.717, 1.165) is 20.9 Å². The quantitative estimate of drug-likeness (QED) is 0.309. The molecule has 0 saturated heterocycles. The number of carbonyl (C=O) groups is 4. The number of rotatable bonds is 6. The SMILES string of the molecule is CC(C)(C)c1cc(Oc2cccc(N3C(=O)C=CC3=O)c2)c(C(C)(C)C)cc1Oc1cccc(N2C(=O)C=CC2=O)c1. The van der Waals surface area contributed by atoms with Crippen molar-refractivity contribution in [3.63, 3.8) is 0 Å². The van der Waals surface area contributed by atoms with Crippen LogP contribution in [0.2, 0.25) is 0 Å². The molecule has 2 aliphatic rings. The fourth-order valence-corrected chi connectivity index (χ4v) is 4.84. The molecular weight excluding hydrogens is 532 g/mol. The smallest absolute Gasteiger partial charge is 0.258 e. The third-order valence-corrected chi connectivity index (χ3v) is 6.92. The zero-order valence-electron chi connectivity index (χ0n) is 24.4. The standard InChI is InChI=1S/C34H32N2O6/c1-33(2,3)25-19-28(42-24-12-8-10-22(18-24)36-31(39)15-16-32(36)40)26(34(4,5)6)20-27(25)41-23-11-7-9-21(17-23)35-29(37)13-14-30(35)38/h7-20H,1-6H3. The van der Waals surface area contributed by atoms with Crippen molar-refractivity contribution in [1.29, 1.82) is 0 Å². The summed E-state index contributed by atoms with van der Waals surface area (Å²) in [6.07, 6.45) is 4.98. The van der Waals surface area contributed by atoms with Gasteiger partial charge in [-0.3, -0.25) is 19.2 Å². The third-order valence-electron chi connectivity index (χ3n) is 6.92. The number of hydrogen-bond donors (Lipinski definition) is 0. The normalized spacial score (nSPS) is 15.3. The van der Waals surface area contributed by atoms with E-state index < -0.39 is 23.6 Å². The minimum atomic E-state index is -0.400. The van der Waals surface area contributed by atoms with Crippen molar-refractivity contribution in [3.05, 3.63) is 96.1 Å². The van der Waals surface area contributed by atoms with E-state index in [-0.39, 0.29) is 10.8 Å². The van der Waals surface area contributed by atoms with E-state index in [4.69, 9.17) is 9.47 Å². The van der Waals surface area contributed by atoms with Crippen LogP contribution in [0, 0.1) is 0 Å². The summed E-state index contributed by atoms with van der Waals surface area (Å²) in [5, 5.41) is 0. The van der Waals surface area contributed by atoms with Crippen LogP contribution < -0.4 is 19.3 Å². The predicted molar refractivity (Wildman–Crippen MR) is 160 cm³/mol. The molecule has 0 saturated carbocycles. The summed E-state index contributed by atoms with van der Waals surface area (Å²) >= 11 is 0. The molecule has 0 unspecified atom stereocenters. The summed E-state index contributed by atoms with van der Waals surface area (Å²) in [5.74, 6) is 0.571. The van der Waals surface area contributed by atoms with Gasteiger partial charge in [-0.25, -0.2) is 9.80 Å². The predicted octanol–water partition coefficient (Wildman–Crippen LogP) is 6.73. The Kier molecular flexibility index (Phi) is 7.10. The fourth-order valence-electron chi connectivity index (χ4n) is 4.84. The van der Waals surface area contributed by atoms with E-state index in [1.165, 1.54) is 24.3 Å². The minimum Gasteiger partial charge on any atom is -0.457 e. The van der Waals surface area contributed by atoms with Crippen molar-refractivity contribution in [2.45, 2.75) is 52.4 Å². The van der Waals surface area contributed by atoms with Crippen LogP contribution >= 0.6 is 0 Å². The summed E-state index contributed by atoms with van der Waals surface area (Å²) in [7, 11) is 0. The Labute approximate surface area is 244 Å². The molecule has 8 nitrogen and oxygen atoms in total. The lowest BCUT2D eigenvalue weighted by Crippen LogP contribution is -2.29. The van der Waals surface area contributed by atoms with Gasteiger partial charge in [0.05, 0.1) is 11.4 Å². The highest BCUT2D eigenvalue weighted by atomic mass is 16.5. The van der Waals surface area contributed by atoms with Gasteiger partial charge in [0.25, 0.3) is 23.6 Å². The van der Waals surface area contributed by atoms with Gasteiger partial charge in [0, 0.05) is 47.6 Å². The van der Waals surface area contributed by atoms with Crippen LogP contribution in [0.4, 0.5) is 11.4 Å². The first-order valence-electron chi connectivity index (χ1n) is 13.6. The summed E-state index contributed by atoms with van der Waals surface area (Å²) in [6.45, 7) is 12.4. The van der Waals surface area contributed by atoms with Crippen molar-refractivity contribution < 1.29 is 28.7 Å². The topological polar surface area (TPSA) is 93.2 Å². The van der Waals surface area contributed by atoms with Gasteiger partial charge in [-0.2, -0.15) is 0 Å². The Bertz CT molecular complexity index is 1530. The first-order chi connectivity index (χ1) is 19.7. The molecule has 0 atom stereocenters. The first-order valence-corrected chi connectivity index (χ1v) is 13.6. The molecule has 214 valence electrons. The maximum atomic E-state index is 12.2. The van der Waals surface area contributed by atoms with Gasteiger partial charge in [0.1, 0.15) is 23.0 Å². The Morgan fingerprint density at radius 2 is 0.833 bits per heavy atom. The van der Waals surface area contributed by atoms with Gasteiger partial charge in [-0.05, 0) is 47.2 Å². The number of ether oxygens (including phenoxy) is 2. The van der Waals surface area contributed by atoms with E-state index in [0.29, 0.717) is 34.4 Å². The van der Waals surface area contributed by atoms with Crippen LogP contribution in [0.3, 0.4) is 0 Å². The summed E-state index contributed by atoms with van der Waals surface area (Å²) in [5.41, 5.74) is 1.88. The number of carbonyl (C=O) groups excluding carboxylic acids is 4. The van der Waals surface area contributed by atoms with Crippen LogP contribution in [0.5, 0.6) is 23.0 Å². The summed E-state index contributed by atoms with van der Waals surface area (Å²) < 4.78 is 12.9. The highest BCUT2D eigenvalue weighted by Crippen LogP contribution is 2.44. The minimum absolute atomic E-state index is 0.353. The van der Waals surface area contributed by atoms with Crippen LogP contribution in [0.15, 0.2) is 85.0 Å². The van der Waals surface area contributed by atoms with E-state index >= 15 is 0 Å². The Hall–Kier alpha value is -4.98. The number of imide groups is 2. The van der Waals surface area contributed by atoms with Gasteiger partial charge in [-0.15, -0.1) is 0 Å². The number of nitrogens with zero attached hydrogens (tertiary/aromatic N) is 2. The zero-order valence-corrected chi connectivity index (χ0v) is 24.4. The van der Waals surface area contributed by atoms with E-state index in [1.54, 1.807) is 48.5 Å². The molecule has 0 fully saturated rings. The highest BCUT2D eigenvalue weighted by molar-refractivity contribution is 6.28. The highest BCUT2D eigenvalue weighted by Gasteiger charge is 2.30. The Balaban J connectivity index is 1.54. The maximum absolute atomic E-state index is 12.2. The number of hydrogen-bond acceptors (Lipinski definition) is 6. The van der Waals surface area contributed by atoms with Crippen LogP contribution in [0.25, 0.3) is 0 Å². The van der Waals surface area contributed by atoms with Crippen LogP contribution in [-0.4, -0.2) is 23.6 Å². The molecule has 0 bridgehead atoms. The maximum Gasteiger partial charge on any atom is 0.258 e. The molecule has 0 aromatic heterocycles. The van der Waals surface area contributed by atoms with Crippen molar-refractivity contribution in [1.82, 2.24) is 0 Å². The molecule has 0 N–H and O–H groups in total. The Morgan fingerprint density at radius 1 is 0.500 bits per heavy atom. The van der Waals surface area contributed by atoms with Crippen molar-refractivity contribution >= 4 is 35.0 Å². The van der Waals surface area contributed by atoms with Crippen LogP contribution in [0.1, 0.15) is 52.7 Å². The molecule has 3 aromatic carbocycles. The molecule has 42 heavy (non-hydrogen) atoms. The molecular formula is C34H32N2O6. The molecule has 4 amide bonds. The summed E-state index contributed by atoms with van der Waals surface area (Å²) in [4.78, 5) is 51.1. The molecule has 0 spiro atoms. The molecule has 8 heteroatoms. The largest absolute Gasteiger partial charge is 0.457 e. The molecule has 2 aliphatic heterocycles. The lowest BCUT2D eigenvalue weighted by Gasteiger charge is -2.29. The zero-order chi connectivity index (χ0) is 30.4. The third kappa shape index (κ3) is 5.61. The molecule has 0 aliphatic carbocycles. The van der Waals surface area contributed by atoms with E-state index in [1.807, 2.05) is 12.1 Å². The molecule has 5 rings (SSSR count). The molecule has 3 aromatic rings. The number of anilines is 2. The van der Waals surface area contributed by atoms with E-state index in [9.17, 15) is 19.2 Å². The van der Waals surface area contributed by atoms with Gasteiger partial charge in [0.2, 0.25) is 0 Å². The van der Waals surface area contributed by atoms with Gasteiger partial charge < -0.3 is 9.47 Å². The molecule has 0 radical (unpaired) electrons. The number of amides is 4. The second kappa shape index (κ2) is 10.4. The van der Waals surface area contributed by atoms with Crippen molar-refractivity contribution in [2.24, 2.45) is 0 Å². The van der Waals surface area contributed by atoms with Crippen LogP contribution in [-0.2, 0) is 30.0 Å². The number of benzene rings is 3. The van der Waals surface area contributed by atoms with Gasteiger partial charge >= 0.3 is 0 Å². The van der Waals surface area contributed by atoms with Gasteiger partial charge in [-0.1, -0.05) is 53.7 Å². The monoisotopic (exact) mass is 564 g/mol. The fraction of sp³-hybridized carbons (Fsp3) is 0.235. The lowest BCUT2D eigenvalue weighted by molar-refractivity contribution is -0.121. The second-order valence-corrected chi connectivity index (χ2v) is 12.2. The first kappa shape index (κ1) is 28.5. The summed E-state index contributed by atoms with van der Waals surface area (Å²) in [6, 6.07) is 17.6. The molecule has 2 heterocycles. The van der Waals surface area contributed by atoms with Gasteiger partial charge in [0.15, 0.2) is 0 Å². The average molecular weight is 565 g/mol. The average Bonchev–Trinajstić information content (AvgIpc) is 3.42. The second-order valence-electron chi connectivity index (χ2n) is 12.2. The Morgan fingerprint density at radius 3 is 1.14 bits per heavy atom. The van der Waals surface area contributed by atoms with Crippen molar-refractivity contribution in [2.75, 3.05) is 9.80 Å². The van der Waals surface area contributed by atoms with Crippen molar-refractivity contribution in [3.8, 4) is 23.0 Å². The lowest BCUT2D eigenvalue weighted by atomic mass is 9.81.